The van der Waals surface area contributed by atoms with Crippen molar-refractivity contribution in [1.82, 2.24) is 0 Å². The first-order chi connectivity index (χ1) is 4.63. The molecule has 0 aromatic carbocycles. The molecule has 0 amide bonds. The zero-order chi connectivity index (χ0) is 7.98. The van der Waals surface area contributed by atoms with Gasteiger partial charge in [0.15, 0.2) is 0 Å². The second-order valence-electron chi connectivity index (χ2n) is 3.03. The van der Waals surface area contributed by atoms with Crippen LogP contribution in [-0.4, -0.2) is 11.1 Å². The van der Waals surface area contributed by atoms with Gasteiger partial charge in [0.1, 0.15) is 0 Å². The van der Waals surface area contributed by atoms with Gasteiger partial charge in [0.2, 0.25) is 0 Å². The maximum Gasteiger partial charge on any atom is 0.303 e. The smallest absolute Gasteiger partial charge is 0.303 e. The molecule has 0 rings (SSSR count). The maximum atomic E-state index is 10.0. The fourth-order valence-electron chi connectivity index (χ4n) is 0.829. The summed E-state index contributed by atoms with van der Waals surface area (Å²) < 4.78 is 0. The zero-order valence-electron chi connectivity index (χ0n) is 7.21. The molecule has 1 N–H and O–H groups in total. The van der Waals surface area contributed by atoms with Gasteiger partial charge in [-0.2, -0.15) is 0 Å². The third-order valence-corrected chi connectivity index (χ3v) is 1.42. The predicted molar refractivity (Wildman–Crippen MR) is 40.9 cm³/mol. The first kappa shape index (κ1) is 13.8. The first-order valence-corrected chi connectivity index (χ1v) is 3.84. The van der Waals surface area contributed by atoms with Crippen LogP contribution in [0, 0.1) is 5.92 Å². The van der Waals surface area contributed by atoms with Gasteiger partial charge in [-0.3, -0.25) is 4.79 Å². The topological polar surface area (TPSA) is 37.3 Å². The number of rotatable bonds is 5. The monoisotopic (exact) mass is 237 g/mol. The van der Waals surface area contributed by atoms with E-state index in [2.05, 4.69) is 13.8 Å². The van der Waals surface area contributed by atoms with E-state index < -0.39 is 5.97 Å². The normalized spacial score (nSPS) is 9.36. The minimum atomic E-state index is -0.677. The van der Waals surface area contributed by atoms with Crippen molar-refractivity contribution in [2.24, 2.45) is 5.92 Å². The van der Waals surface area contributed by atoms with Crippen LogP contribution in [0.15, 0.2) is 0 Å². The van der Waals surface area contributed by atoms with Crippen molar-refractivity contribution < 1.29 is 32.3 Å². The van der Waals surface area contributed by atoms with Crippen LogP contribution < -0.4 is 0 Å². The molecule has 11 heavy (non-hydrogen) atoms. The van der Waals surface area contributed by atoms with Crippen LogP contribution in [-0.2, 0) is 27.2 Å². The number of carboxylic acids is 1. The fourth-order valence-corrected chi connectivity index (χ4v) is 0.829. The van der Waals surface area contributed by atoms with Gasteiger partial charge in [-0.1, -0.05) is 26.7 Å². The fraction of sp³-hybridized carbons (Fsp3) is 0.875. The van der Waals surface area contributed by atoms with Crippen molar-refractivity contribution in [3.63, 3.8) is 0 Å². The zero-order valence-corrected chi connectivity index (χ0v) is 9.41. The molecule has 2 nitrogen and oxygen atoms in total. The van der Waals surface area contributed by atoms with Crippen molar-refractivity contribution in [2.75, 3.05) is 0 Å². The summed E-state index contributed by atoms with van der Waals surface area (Å²) in [6, 6.07) is 0. The van der Waals surface area contributed by atoms with Crippen LogP contribution in [0.3, 0.4) is 0 Å². The Labute approximate surface area is 83.9 Å². The van der Waals surface area contributed by atoms with Gasteiger partial charge in [0, 0.05) is 28.8 Å². The molecule has 0 heterocycles. The van der Waals surface area contributed by atoms with E-state index in [0.717, 1.165) is 19.3 Å². The molecular weight excluding hydrogens is 221 g/mol. The Morgan fingerprint density at radius 1 is 1.36 bits per heavy atom. The van der Waals surface area contributed by atoms with Gasteiger partial charge in [-0.05, 0) is 12.3 Å². The Kier molecular flexibility index (Phi) is 10.4. The molecule has 1 radical (unpaired) electrons. The molecule has 0 aromatic heterocycles. The number of hydrogen-bond donors (Lipinski definition) is 1. The number of carboxylic acid groups (broad SMARTS) is 1. The molecule has 0 aromatic rings. The Morgan fingerprint density at radius 3 is 2.27 bits per heavy atom. The van der Waals surface area contributed by atoms with E-state index in [9.17, 15) is 4.79 Å². The third-order valence-electron chi connectivity index (χ3n) is 1.42. The SMILES string of the molecule is CC(C)CCCCC(=O)O.[Nb]. The van der Waals surface area contributed by atoms with Gasteiger partial charge in [-0.15, -0.1) is 0 Å². The summed E-state index contributed by atoms with van der Waals surface area (Å²) >= 11 is 0. The van der Waals surface area contributed by atoms with Crippen molar-refractivity contribution in [2.45, 2.75) is 39.5 Å². The summed E-state index contributed by atoms with van der Waals surface area (Å²) in [5.41, 5.74) is 0. The van der Waals surface area contributed by atoms with Crippen LogP contribution in [0.2, 0.25) is 0 Å². The molecule has 0 aliphatic rings. The molecule has 0 saturated heterocycles. The maximum absolute atomic E-state index is 10.0. The second-order valence-corrected chi connectivity index (χ2v) is 3.03. The summed E-state index contributed by atoms with van der Waals surface area (Å²) in [5, 5.41) is 8.28. The van der Waals surface area contributed by atoms with Crippen LogP contribution in [0.5, 0.6) is 0 Å². The van der Waals surface area contributed by atoms with Crippen LogP contribution in [0.25, 0.3) is 0 Å². The average Bonchev–Trinajstić information content (AvgIpc) is 1.79. The summed E-state index contributed by atoms with van der Waals surface area (Å²) in [6.07, 6.45) is 3.34. The standard InChI is InChI=1S/C8H16O2.Nb/c1-7(2)5-3-4-6-8(9)10;/h7H,3-6H2,1-2H3,(H,9,10);. The van der Waals surface area contributed by atoms with Gasteiger partial charge in [-0.25, -0.2) is 0 Å². The quantitative estimate of drug-likeness (QED) is 0.588. The Hall–Kier alpha value is 0.210. The molecule has 0 atom stereocenters. The van der Waals surface area contributed by atoms with Crippen molar-refractivity contribution in [3.05, 3.63) is 0 Å². The van der Waals surface area contributed by atoms with E-state index in [1.807, 2.05) is 0 Å². The van der Waals surface area contributed by atoms with E-state index in [0.29, 0.717) is 12.3 Å². The van der Waals surface area contributed by atoms with Gasteiger partial charge in [0.05, 0.1) is 0 Å². The van der Waals surface area contributed by atoms with E-state index in [4.69, 9.17) is 5.11 Å². The molecule has 65 valence electrons. The number of unbranched alkanes of at least 4 members (excludes halogenated alkanes) is 1. The average molecular weight is 237 g/mol. The summed E-state index contributed by atoms with van der Waals surface area (Å²) in [6.45, 7) is 4.31. The molecule has 0 unspecified atom stereocenters. The summed E-state index contributed by atoms with van der Waals surface area (Å²) in [4.78, 5) is 10.0. The Balaban J connectivity index is 0. The Bertz CT molecular complexity index is 102. The van der Waals surface area contributed by atoms with Gasteiger partial charge < -0.3 is 5.11 Å². The number of hydrogen-bond acceptors (Lipinski definition) is 1. The second kappa shape index (κ2) is 8.31. The summed E-state index contributed by atoms with van der Waals surface area (Å²) in [5.74, 6) is 0.0255. The van der Waals surface area contributed by atoms with Crippen molar-refractivity contribution in [1.29, 1.82) is 0 Å². The minimum absolute atomic E-state index is 0. The first-order valence-electron chi connectivity index (χ1n) is 3.84. The Morgan fingerprint density at radius 2 is 1.91 bits per heavy atom. The van der Waals surface area contributed by atoms with Crippen molar-refractivity contribution >= 4 is 5.97 Å². The van der Waals surface area contributed by atoms with Crippen LogP contribution >= 0.6 is 0 Å². The molecule has 0 fully saturated rings. The summed E-state index contributed by atoms with van der Waals surface area (Å²) in [7, 11) is 0. The third kappa shape index (κ3) is 13.2. The van der Waals surface area contributed by atoms with Gasteiger partial charge >= 0.3 is 5.97 Å². The number of carbonyl (C=O) groups is 1. The number of aliphatic carboxylic acids is 1. The van der Waals surface area contributed by atoms with E-state index in [1.165, 1.54) is 0 Å². The molecule has 0 bridgehead atoms. The van der Waals surface area contributed by atoms with E-state index >= 15 is 0 Å². The van der Waals surface area contributed by atoms with E-state index in [1.54, 1.807) is 0 Å². The van der Waals surface area contributed by atoms with Crippen LogP contribution in [0.1, 0.15) is 39.5 Å². The molecular formula is C8H16NbO2. The van der Waals surface area contributed by atoms with Crippen molar-refractivity contribution in [3.8, 4) is 0 Å². The van der Waals surface area contributed by atoms with E-state index in [-0.39, 0.29) is 22.4 Å². The molecule has 0 spiro atoms. The molecule has 0 aliphatic carbocycles. The predicted octanol–water partition coefficient (Wildman–Crippen LogP) is 2.28. The molecule has 0 saturated carbocycles. The largest absolute Gasteiger partial charge is 0.481 e. The van der Waals surface area contributed by atoms with Gasteiger partial charge in [0.25, 0.3) is 0 Å². The minimum Gasteiger partial charge on any atom is -0.481 e. The molecule has 0 aliphatic heterocycles. The van der Waals surface area contributed by atoms with Crippen LogP contribution in [0.4, 0.5) is 0 Å². The molecule has 3 heteroatoms.